The molecule has 3 heterocycles. The van der Waals surface area contributed by atoms with E-state index < -0.39 is 23.5 Å². The molecule has 1 saturated heterocycles. The molecule has 1 saturated carbocycles. The molecular formula is C35H30F4N6O3. The fourth-order valence-electron chi connectivity index (χ4n) is 6.50. The van der Waals surface area contributed by atoms with Crippen LogP contribution in [0.5, 0.6) is 0 Å². The molecule has 2 fully saturated rings. The largest absolute Gasteiger partial charge is 0.416 e. The van der Waals surface area contributed by atoms with Crippen LogP contribution >= 0.6 is 0 Å². The number of hydrogen-bond acceptors (Lipinski definition) is 6. The van der Waals surface area contributed by atoms with Crippen molar-refractivity contribution in [3.05, 3.63) is 96.6 Å². The number of para-hydroxylation sites is 2. The first-order valence-corrected chi connectivity index (χ1v) is 15.6. The van der Waals surface area contributed by atoms with Gasteiger partial charge >= 0.3 is 6.18 Å². The first-order valence-electron chi connectivity index (χ1n) is 15.6. The number of likely N-dealkylation sites (tertiary alicyclic amines) is 1. The number of benzene rings is 3. The SMILES string of the molecule is C=C(F)C(=O)N1CC(n2nc(-c3ccc(C(F)(F)F)cc3)c3cccc(-c4nc(C5CCC(C(=O)Nc6ccccc6)CC5)no4)c32)C1. The van der Waals surface area contributed by atoms with E-state index in [0.717, 1.165) is 17.8 Å². The molecule has 5 aromatic rings. The van der Waals surface area contributed by atoms with Crippen LogP contribution in [0.15, 0.2) is 89.7 Å². The Hall–Kier alpha value is -5.33. The van der Waals surface area contributed by atoms with Crippen LogP contribution in [-0.4, -0.2) is 49.7 Å². The summed E-state index contributed by atoms with van der Waals surface area (Å²) in [5, 5.41) is 12.7. The molecule has 2 amide bonds. The molecule has 3 aromatic carbocycles. The van der Waals surface area contributed by atoms with Crippen molar-refractivity contribution in [1.82, 2.24) is 24.8 Å². The van der Waals surface area contributed by atoms with Gasteiger partial charge in [-0.05, 0) is 56.0 Å². The molecular weight excluding hydrogens is 628 g/mol. The van der Waals surface area contributed by atoms with E-state index in [9.17, 15) is 27.2 Å². The molecule has 1 N–H and O–H groups in total. The maximum Gasteiger partial charge on any atom is 0.416 e. The highest BCUT2D eigenvalue weighted by Crippen LogP contribution is 2.40. The highest BCUT2D eigenvalue weighted by molar-refractivity contribution is 6.01. The molecule has 0 radical (unpaired) electrons. The molecule has 13 heteroatoms. The van der Waals surface area contributed by atoms with Gasteiger partial charge in [-0.1, -0.05) is 54.2 Å². The number of amides is 2. The van der Waals surface area contributed by atoms with Crippen LogP contribution in [-0.2, 0) is 15.8 Å². The maximum atomic E-state index is 13.5. The summed E-state index contributed by atoms with van der Waals surface area (Å²) in [6, 6.07) is 19.1. The van der Waals surface area contributed by atoms with E-state index in [1.165, 1.54) is 17.0 Å². The van der Waals surface area contributed by atoms with Gasteiger partial charge in [-0.25, -0.2) is 4.39 Å². The van der Waals surface area contributed by atoms with Crippen LogP contribution in [0.3, 0.4) is 0 Å². The number of carbonyl (C=O) groups is 2. The van der Waals surface area contributed by atoms with E-state index >= 15 is 0 Å². The summed E-state index contributed by atoms with van der Waals surface area (Å²) in [4.78, 5) is 31.1. The summed E-state index contributed by atoms with van der Waals surface area (Å²) >= 11 is 0. The van der Waals surface area contributed by atoms with Crippen molar-refractivity contribution in [2.75, 3.05) is 18.4 Å². The van der Waals surface area contributed by atoms with Gasteiger partial charge in [0.25, 0.3) is 11.8 Å². The van der Waals surface area contributed by atoms with Gasteiger partial charge in [0.05, 0.1) is 22.7 Å². The quantitative estimate of drug-likeness (QED) is 0.143. The van der Waals surface area contributed by atoms with Crippen molar-refractivity contribution in [2.45, 2.75) is 43.8 Å². The number of carbonyl (C=O) groups excluding carboxylic acids is 2. The van der Waals surface area contributed by atoms with Crippen molar-refractivity contribution in [1.29, 1.82) is 0 Å². The number of alkyl halides is 3. The molecule has 0 spiro atoms. The molecule has 0 unspecified atom stereocenters. The van der Waals surface area contributed by atoms with E-state index in [1.807, 2.05) is 30.3 Å². The zero-order valence-electron chi connectivity index (χ0n) is 25.6. The third-order valence-corrected chi connectivity index (χ3v) is 9.12. The second-order valence-corrected chi connectivity index (χ2v) is 12.2. The number of nitrogens with zero attached hydrogens (tertiary/aromatic N) is 5. The Bertz CT molecular complexity index is 1990. The Morgan fingerprint density at radius 3 is 2.29 bits per heavy atom. The topological polar surface area (TPSA) is 106 Å². The average molecular weight is 659 g/mol. The van der Waals surface area contributed by atoms with Gasteiger partial charge in [-0.3, -0.25) is 14.3 Å². The number of fused-ring (bicyclic) bond motifs is 1. The summed E-state index contributed by atoms with van der Waals surface area (Å²) < 4.78 is 60.9. The molecule has 246 valence electrons. The predicted molar refractivity (Wildman–Crippen MR) is 169 cm³/mol. The third-order valence-electron chi connectivity index (χ3n) is 9.12. The lowest BCUT2D eigenvalue weighted by Gasteiger charge is -2.39. The van der Waals surface area contributed by atoms with Crippen LogP contribution in [0.2, 0.25) is 0 Å². The number of hydrogen-bond donors (Lipinski definition) is 1. The van der Waals surface area contributed by atoms with Crippen molar-refractivity contribution in [3.63, 3.8) is 0 Å². The molecule has 1 aliphatic carbocycles. The normalized spacial score (nSPS) is 18.5. The molecule has 1 aliphatic heterocycles. The van der Waals surface area contributed by atoms with E-state index in [1.54, 1.807) is 22.9 Å². The standard InChI is InChI=1S/C35H30F4N6O3/c1-20(36)34(47)44-18-26(19-44)45-30-27(29(42-45)21-14-16-24(17-15-21)35(37,38)39)8-5-9-28(30)33-41-31(43-48-33)22-10-12-23(13-11-22)32(46)40-25-6-3-2-4-7-25/h2-9,14-17,22-23,26H,1,10-13,18-19H2,(H,40,46). The van der Waals surface area contributed by atoms with Gasteiger partial charge in [-0.2, -0.15) is 23.3 Å². The molecule has 2 aliphatic rings. The van der Waals surface area contributed by atoms with Gasteiger partial charge in [0.1, 0.15) is 5.69 Å². The Kier molecular flexibility index (Phi) is 8.06. The molecule has 0 bridgehead atoms. The van der Waals surface area contributed by atoms with E-state index in [-0.39, 0.29) is 42.8 Å². The predicted octanol–water partition coefficient (Wildman–Crippen LogP) is 7.55. The Balaban J connectivity index is 1.17. The lowest BCUT2D eigenvalue weighted by molar-refractivity contribution is -0.137. The van der Waals surface area contributed by atoms with Crippen LogP contribution in [0, 0.1) is 5.92 Å². The smallest absolute Gasteiger partial charge is 0.334 e. The summed E-state index contributed by atoms with van der Waals surface area (Å²) in [6.07, 6.45) is -1.73. The van der Waals surface area contributed by atoms with Crippen molar-refractivity contribution in [2.24, 2.45) is 5.92 Å². The van der Waals surface area contributed by atoms with Crippen LogP contribution in [0.1, 0.15) is 49.0 Å². The van der Waals surface area contributed by atoms with E-state index in [2.05, 4.69) is 17.1 Å². The summed E-state index contributed by atoms with van der Waals surface area (Å²) in [6.45, 7) is 3.41. The van der Waals surface area contributed by atoms with Crippen LogP contribution < -0.4 is 5.32 Å². The second kappa shape index (κ2) is 12.4. The summed E-state index contributed by atoms with van der Waals surface area (Å²) in [5.74, 6) is -1.24. The molecule has 2 aromatic heterocycles. The zero-order valence-corrected chi connectivity index (χ0v) is 25.6. The van der Waals surface area contributed by atoms with Gasteiger partial charge in [0, 0.05) is 41.6 Å². The molecule has 7 rings (SSSR count). The van der Waals surface area contributed by atoms with E-state index in [0.29, 0.717) is 59.2 Å². The van der Waals surface area contributed by atoms with Crippen molar-refractivity contribution < 1.29 is 31.7 Å². The lowest BCUT2D eigenvalue weighted by atomic mass is 9.81. The van der Waals surface area contributed by atoms with Crippen molar-refractivity contribution >= 4 is 28.4 Å². The van der Waals surface area contributed by atoms with Gasteiger partial charge in [0.2, 0.25) is 5.91 Å². The Morgan fingerprint density at radius 2 is 1.62 bits per heavy atom. The minimum Gasteiger partial charge on any atom is -0.334 e. The van der Waals surface area contributed by atoms with Crippen molar-refractivity contribution in [3.8, 4) is 22.7 Å². The number of halogens is 4. The summed E-state index contributed by atoms with van der Waals surface area (Å²) in [7, 11) is 0. The number of nitrogens with one attached hydrogen (secondary N) is 1. The number of aromatic nitrogens is 4. The summed E-state index contributed by atoms with van der Waals surface area (Å²) in [5.41, 5.74) is 2.04. The van der Waals surface area contributed by atoms with Gasteiger partial charge in [-0.15, -0.1) is 0 Å². The van der Waals surface area contributed by atoms with Gasteiger partial charge in [0.15, 0.2) is 11.7 Å². The lowest BCUT2D eigenvalue weighted by Crippen LogP contribution is -2.51. The highest BCUT2D eigenvalue weighted by Gasteiger charge is 2.37. The molecule has 0 atom stereocenters. The molecule has 9 nitrogen and oxygen atoms in total. The first-order chi connectivity index (χ1) is 23.1. The fraction of sp³-hybridized carbons (Fsp3) is 0.286. The minimum absolute atomic E-state index is 0.00454. The zero-order chi connectivity index (χ0) is 33.6. The monoisotopic (exact) mass is 658 g/mol. The van der Waals surface area contributed by atoms with E-state index in [4.69, 9.17) is 14.6 Å². The van der Waals surface area contributed by atoms with Gasteiger partial charge < -0.3 is 14.7 Å². The second-order valence-electron chi connectivity index (χ2n) is 12.2. The minimum atomic E-state index is -4.49. The fourth-order valence-corrected chi connectivity index (χ4v) is 6.50. The van der Waals surface area contributed by atoms with Crippen LogP contribution in [0.4, 0.5) is 23.2 Å². The first kappa shape index (κ1) is 31.3. The molecule has 48 heavy (non-hydrogen) atoms. The Morgan fingerprint density at radius 1 is 0.917 bits per heavy atom. The Labute approximate surface area is 272 Å². The van der Waals surface area contributed by atoms with Crippen LogP contribution in [0.25, 0.3) is 33.6 Å². The maximum absolute atomic E-state index is 13.5. The number of anilines is 1. The number of rotatable bonds is 7. The highest BCUT2D eigenvalue weighted by atomic mass is 19.4. The average Bonchev–Trinajstić information content (AvgIpc) is 3.70. The third kappa shape index (κ3) is 5.96.